The number of nitrogens with zero attached hydrogens (tertiary/aromatic N) is 3. The molecule has 0 saturated heterocycles. The standard InChI is InChI=1S/C11H14N4/c1-9-5-10(7-12-6-9)8-13-11-3-4-15(2)14-11/h3-7H,8H2,1-2H3,(H,13,14). The predicted octanol–water partition coefficient (Wildman–Crippen LogP) is 1.74. The Balaban J connectivity index is 1.99. The molecule has 0 amide bonds. The smallest absolute Gasteiger partial charge is 0.148 e. The summed E-state index contributed by atoms with van der Waals surface area (Å²) in [7, 11) is 1.90. The first-order chi connectivity index (χ1) is 7.24. The first-order valence-electron chi connectivity index (χ1n) is 4.88. The molecule has 0 atom stereocenters. The summed E-state index contributed by atoms with van der Waals surface area (Å²) in [5.74, 6) is 0.888. The number of aromatic nitrogens is 3. The number of nitrogens with one attached hydrogen (secondary N) is 1. The molecular formula is C11H14N4. The van der Waals surface area contributed by atoms with Crippen LogP contribution in [0.2, 0.25) is 0 Å². The van der Waals surface area contributed by atoms with Gasteiger partial charge >= 0.3 is 0 Å². The SMILES string of the molecule is Cc1cncc(CNc2ccn(C)n2)c1. The van der Waals surface area contributed by atoms with Gasteiger partial charge in [-0.3, -0.25) is 9.67 Å². The molecule has 4 heteroatoms. The van der Waals surface area contributed by atoms with Crippen molar-refractivity contribution in [2.24, 2.45) is 7.05 Å². The van der Waals surface area contributed by atoms with E-state index in [1.807, 2.05) is 38.6 Å². The number of aryl methyl sites for hydroxylation is 2. The van der Waals surface area contributed by atoms with Gasteiger partial charge in [0.1, 0.15) is 5.82 Å². The van der Waals surface area contributed by atoms with Crippen molar-refractivity contribution in [3.05, 3.63) is 41.9 Å². The van der Waals surface area contributed by atoms with Gasteiger partial charge < -0.3 is 5.32 Å². The van der Waals surface area contributed by atoms with Gasteiger partial charge in [0.05, 0.1) is 0 Å². The highest BCUT2D eigenvalue weighted by Gasteiger charge is 1.97. The van der Waals surface area contributed by atoms with Crippen molar-refractivity contribution in [3.63, 3.8) is 0 Å². The Morgan fingerprint density at radius 3 is 2.93 bits per heavy atom. The van der Waals surface area contributed by atoms with E-state index in [2.05, 4.69) is 21.5 Å². The molecule has 2 heterocycles. The van der Waals surface area contributed by atoms with Crippen molar-refractivity contribution in [1.29, 1.82) is 0 Å². The number of rotatable bonds is 3. The van der Waals surface area contributed by atoms with Crippen LogP contribution in [-0.2, 0) is 13.6 Å². The van der Waals surface area contributed by atoms with E-state index in [-0.39, 0.29) is 0 Å². The summed E-state index contributed by atoms with van der Waals surface area (Å²) in [6.07, 6.45) is 5.63. The van der Waals surface area contributed by atoms with Gasteiger partial charge in [0.2, 0.25) is 0 Å². The number of hydrogen-bond acceptors (Lipinski definition) is 3. The second kappa shape index (κ2) is 4.13. The largest absolute Gasteiger partial charge is 0.364 e. The van der Waals surface area contributed by atoms with E-state index < -0.39 is 0 Å². The lowest BCUT2D eigenvalue weighted by Gasteiger charge is -2.03. The molecule has 1 N–H and O–H groups in total. The Kier molecular flexibility index (Phi) is 2.67. The van der Waals surface area contributed by atoms with Crippen molar-refractivity contribution in [2.45, 2.75) is 13.5 Å². The van der Waals surface area contributed by atoms with Crippen LogP contribution in [-0.4, -0.2) is 14.8 Å². The van der Waals surface area contributed by atoms with Gasteiger partial charge in [-0.1, -0.05) is 6.07 Å². The van der Waals surface area contributed by atoms with E-state index in [1.165, 1.54) is 11.1 Å². The molecule has 0 bridgehead atoms. The number of hydrogen-bond donors (Lipinski definition) is 1. The van der Waals surface area contributed by atoms with Gasteiger partial charge in [-0.25, -0.2) is 0 Å². The van der Waals surface area contributed by atoms with Crippen LogP contribution in [0.25, 0.3) is 0 Å². The van der Waals surface area contributed by atoms with E-state index in [9.17, 15) is 0 Å². The summed E-state index contributed by atoms with van der Waals surface area (Å²) in [6.45, 7) is 2.79. The Morgan fingerprint density at radius 2 is 2.27 bits per heavy atom. The minimum Gasteiger partial charge on any atom is -0.364 e. The minimum absolute atomic E-state index is 0.756. The summed E-state index contributed by atoms with van der Waals surface area (Å²) >= 11 is 0. The highest BCUT2D eigenvalue weighted by molar-refractivity contribution is 5.33. The molecule has 0 radical (unpaired) electrons. The fraction of sp³-hybridized carbons (Fsp3) is 0.273. The van der Waals surface area contributed by atoms with Crippen molar-refractivity contribution in [2.75, 3.05) is 5.32 Å². The van der Waals surface area contributed by atoms with E-state index in [0.29, 0.717) is 0 Å². The van der Waals surface area contributed by atoms with Crippen molar-refractivity contribution in [1.82, 2.24) is 14.8 Å². The number of pyridine rings is 1. The highest BCUT2D eigenvalue weighted by atomic mass is 15.3. The minimum atomic E-state index is 0.756. The zero-order valence-corrected chi connectivity index (χ0v) is 8.94. The average molecular weight is 202 g/mol. The lowest BCUT2D eigenvalue weighted by molar-refractivity contribution is 0.768. The van der Waals surface area contributed by atoms with Crippen LogP contribution in [0, 0.1) is 6.92 Å². The number of anilines is 1. The molecule has 2 aromatic heterocycles. The van der Waals surface area contributed by atoms with Crippen LogP contribution in [0.3, 0.4) is 0 Å². The molecule has 15 heavy (non-hydrogen) atoms. The summed E-state index contributed by atoms with van der Waals surface area (Å²) in [4.78, 5) is 4.14. The second-order valence-electron chi connectivity index (χ2n) is 3.60. The third kappa shape index (κ3) is 2.56. The van der Waals surface area contributed by atoms with Gasteiger partial charge in [-0.2, -0.15) is 5.10 Å². The maximum Gasteiger partial charge on any atom is 0.148 e. The Morgan fingerprint density at radius 1 is 1.40 bits per heavy atom. The molecule has 2 aromatic rings. The zero-order chi connectivity index (χ0) is 10.7. The summed E-state index contributed by atoms with van der Waals surface area (Å²) in [5, 5.41) is 7.47. The Bertz CT molecular complexity index is 447. The molecular weight excluding hydrogens is 188 g/mol. The molecule has 0 aliphatic heterocycles. The molecule has 0 aliphatic carbocycles. The van der Waals surface area contributed by atoms with E-state index >= 15 is 0 Å². The maximum absolute atomic E-state index is 4.23. The van der Waals surface area contributed by atoms with E-state index in [1.54, 1.807) is 4.68 Å². The normalized spacial score (nSPS) is 10.3. The van der Waals surface area contributed by atoms with Crippen molar-refractivity contribution in [3.8, 4) is 0 Å². The lowest BCUT2D eigenvalue weighted by Crippen LogP contribution is -2.01. The fourth-order valence-corrected chi connectivity index (χ4v) is 1.42. The van der Waals surface area contributed by atoms with Crippen molar-refractivity contribution < 1.29 is 0 Å². The van der Waals surface area contributed by atoms with Crippen LogP contribution in [0.4, 0.5) is 5.82 Å². The molecule has 0 fully saturated rings. The van der Waals surface area contributed by atoms with Crippen LogP contribution in [0.1, 0.15) is 11.1 Å². The zero-order valence-electron chi connectivity index (χ0n) is 8.94. The van der Waals surface area contributed by atoms with Crippen LogP contribution in [0.15, 0.2) is 30.7 Å². The van der Waals surface area contributed by atoms with Crippen LogP contribution in [0.5, 0.6) is 0 Å². The predicted molar refractivity (Wildman–Crippen MR) is 59.5 cm³/mol. The molecule has 0 aliphatic rings. The summed E-state index contributed by atoms with van der Waals surface area (Å²) < 4.78 is 1.77. The van der Waals surface area contributed by atoms with Gasteiger partial charge in [0, 0.05) is 38.2 Å². The third-order valence-electron chi connectivity index (χ3n) is 2.12. The summed E-state index contributed by atoms with van der Waals surface area (Å²) in [5.41, 5.74) is 2.34. The Labute approximate surface area is 89.0 Å². The molecule has 0 saturated carbocycles. The molecule has 4 nitrogen and oxygen atoms in total. The van der Waals surface area contributed by atoms with Gasteiger partial charge in [0.25, 0.3) is 0 Å². The molecule has 0 aromatic carbocycles. The topological polar surface area (TPSA) is 42.7 Å². The van der Waals surface area contributed by atoms with Gasteiger partial charge in [-0.05, 0) is 18.1 Å². The first kappa shape index (κ1) is 9.71. The maximum atomic E-state index is 4.23. The van der Waals surface area contributed by atoms with Crippen LogP contribution < -0.4 is 5.32 Å². The monoisotopic (exact) mass is 202 g/mol. The summed E-state index contributed by atoms with van der Waals surface area (Å²) in [6, 6.07) is 4.06. The van der Waals surface area contributed by atoms with Gasteiger partial charge in [-0.15, -0.1) is 0 Å². The molecule has 0 spiro atoms. The quantitative estimate of drug-likeness (QED) is 0.824. The van der Waals surface area contributed by atoms with Gasteiger partial charge in [0.15, 0.2) is 0 Å². The third-order valence-corrected chi connectivity index (χ3v) is 2.12. The average Bonchev–Trinajstić information content (AvgIpc) is 2.62. The van der Waals surface area contributed by atoms with E-state index in [4.69, 9.17) is 0 Å². The molecule has 0 unspecified atom stereocenters. The second-order valence-corrected chi connectivity index (χ2v) is 3.60. The Hall–Kier alpha value is -1.84. The van der Waals surface area contributed by atoms with E-state index in [0.717, 1.165) is 12.4 Å². The lowest BCUT2D eigenvalue weighted by atomic mass is 10.2. The molecule has 2 rings (SSSR count). The van der Waals surface area contributed by atoms with Crippen LogP contribution >= 0.6 is 0 Å². The fourth-order valence-electron chi connectivity index (χ4n) is 1.42. The molecule has 78 valence electrons. The van der Waals surface area contributed by atoms with Crippen molar-refractivity contribution >= 4 is 5.82 Å². The highest BCUT2D eigenvalue weighted by Crippen LogP contribution is 2.06. The first-order valence-corrected chi connectivity index (χ1v) is 4.88.